The van der Waals surface area contributed by atoms with Crippen LogP contribution in [0.4, 0.5) is 0 Å². The summed E-state index contributed by atoms with van der Waals surface area (Å²) in [6, 6.07) is -0.720. The highest BCUT2D eigenvalue weighted by molar-refractivity contribution is 5.88. The summed E-state index contributed by atoms with van der Waals surface area (Å²) in [4.78, 5) is 41.0. The van der Waals surface area contributed by atoms with Crippen molar-refractivity contribution in [2.75, 3.05) is 39.8 Å². The van der Waals surface area contributed by atoms with E-state index in [1.54, 1.807) is 4.90 Å². The maximum absolute atomic E-state index is 13.1. The second-order valence-electron chi connectivity index (χ2n) is 7.95. The number of hydrazine groups is 1. The average molecular weight is 414 g/mol. The number of carbonyl (C=O) groups excluding carboxylic acids is 3. The van der Waals surface area contributed by atoms with Crippen LogP contribution in [0.5, 0.6) is 0 Å². The summed E-state index contributed by atoms with van der Waals surface area (Å²) < 4.78 is 0. The van der Waals surface area contributed by atoms with Crippen molar-refractivity contribution in [1.82, 2.24) is 19.9 Å². The van der Waals surface area contributed by atoms with Gasteiger partial charge in [-0.15, -0.1) is 0 Å². The summed E-state index contributed by atoms with van der Waals surface area (Å²) in [6.45, 7) is 6.80. The first-order valence-corrected chi connectivity index (χ1v) is 10.8. The van der Waals surface area contributed by atoms with E-state index in [2.05, 4.69) is 11.8 Å². The molecule has 1 aliphatic heterocycles. The van der Waals surface area contributed by atoms with E-state index in [0.717, 1.165) is 50.2 Å². The van der Waals surface area contributed by atoms with Gasteiger partial charge in [-0.05, 0) is 19.9 Å². The average Bonchev–Trinajstić information content (AvgIpc) is 2.72. The van der Waals surface area contributed by atoms with Crippen LogP contribution in [0.2, 0.25) is 0 Å². The normalized spacial score (nSPS) is 16.9. The van der Waals surface area contributed by atoms with E-state index < -0.39 is 17.9 Å². The summed E-state index contributed by atoms with van der Waals surface area (Å²) in [5.74, 6) is 5.05. The third kappa shape index (κ3) is 8.28. The molecule has 1 heterocycles. The molecule has 2 unspecified atom stereocenters. The molecule has 0 radical (unpaired) electrons. The molecule has 1 aliphatic rings. The van der Waals surface area contributed by atoms with E-state index in [0.29, 0.717) is 31.0 Å². The van der Waals surface area contributed by atoms with Crippen molar-refractivity contribution >= 4 is 18.2 Å². The Morgan fingerprint density at radius 3 is 2.24 bits per heavy atom. The fourth-order valence-electron chi connectivity index (χ4n) is 3.58. The second kappa shape index (κ2) is 13.5. The van der Waals surface area contributed by atoms with Gasteiger partial charge in [0.05, 0.1) is 12.5 Å². The number of hydroxylamine groups is 2. The van der Waals surface area contributed by atoms with Gasteiger partial charge in [-0.25, -0.2) is 10.9 Å². The van der Waals surface area contributed by atoms with Crippen LogP contribution in [0.3, 0.4) is 0 Å². The zero-order valence-electron chi connectivity index (χ0n) is 18.3. The Labute approximate surface area is 174 Å². The van der Waals surface area contributed by atoms with Gasteiger partial charge in [0.25, 0.3) is 0 Å². The van der Waals surface area contributed by atoms with Crippen LogP contribution in [-0.2, 0) is 14.4 Å². The molecule has 0 bridgehead atoms. The molecule has 1 saturated heterocycles. The zero-order valence-corrected chi connectivity index (χ0v) is 18.3. The molecule has 0 spiro atoms. The van der Waals surface area contributed by atoms with Crippen molar-refractivity contribution in [2.45, 2.75) is 64.8 Å². The third-order valence-electron chi connectivity index (χ3n) is 5.56. The van der Waals surface area contributed by atoms with Gasteiger partial charge in [0.15, 0.2) is 0 Å². The largest absolute Gasteiger partial charge is 0.338 e. The first kappa shape index (κ1) is 25.3. The molecule has 3 N–H and O–H groups in total. The van der Waals surface area contributed by atoms with E-state index in [1.165, 1.54) is 0 Å². The van der Waals surface area contributed by atoms with E-state index in [-0.39, 0.29) is 18.9 Å². The van der Waals surface area contributed by atoms with Gasteiger partial charge in [0.2, 0.25) is 18.2 Å². The molecule has 3 amide bonds. The Morgan fingerprint density at radius 2 is 1.69 bits per heavy atom. The number of hydrogen-bond donors (Lipinski definition) is 2. The zero-order chi connectivity index (χ0) is 21.8. The van der Waals surface area contributed by atoms with E-state index >= 15 is 0 Å². The van der Waals surface area contributed by atoms with E-state index in [4.69, 9.17) is 5.84 Å². The topological polar surface area (TPSA) is 110 Å². The SMILES string of the molecule is CCCCCC(CN(O)C=O)C(=O)N(N)C(CCCC)C(=O)N1CCN(C)CC1. The highest BCUT2D eigenvalue weighted by Gasteiger charge is 2.35. The summed E-state index contributed by atoms with van der Waals surface area (Å²) in [6.07, 6.45) is 5.70. The van der Waals surface area contributed by atoms with Crippen LogP contribution in [0.15, 0.2) is 0 Å². The van der Waals surface area contributed by atoms with Gasteiger partial charge in [0, 0.05) is 26.2 Å². The maximum Gasteiger partial charge on any atom is 0.247 e. The minimum atomic E-state index is -0.720. The van der Waals surface area contributed by atoms with Crippen molar-refractivity contribution < 1.29 is 19.6 Å². The van der Waals surface area contributed by atoms with Gasteiger partial charge < -0.3 is 9.80 Å². The van der Waals surface area contributed by atoms with Gasteiger partial charge in [-0.1, -0.05) is 46.0 Å². The lowest BCUT2D eigenvalue weighted by atomic mass is 9.98. The third-order valence-corrected chi connectivity index (χ3v) is 5.56. The number of amides is 3. The quantitative estimate of drug-likeness (QED) is 0.117. The Balaban J connectivity index is 2.91. The Kier molecular flexibility index (Phi) is 11.8. The molecule has 1 fully saturated rings. The Morgan fingerprint density at radius 1 is 1.07 bits per heavy atom. The van der Waals surface area contributed by atoms with Crippen LogP contribution in [0, 0.1) is 5.92 Å². The highest BCUT2D eigenvalue weighted by atomic mass is 16.5. The number of piperazine rings is 1. The van der Waals surface area contributed by atoms with Gasteiger partial charge >= 0.3 is 0 Å². The molecule has 0 aromatic heterocycles. The lowest BCUT2D eigenvalue weighted by molar-refractivity contribution is -0.160. The van der Waals surface area contributed by atoms with Crippen molar-refractivity contribution in [3.8, 4) is 0 Å². The van der Waals surface area contributed by atoms with Gasteiger partial charge in [0.1, 0.15) is 6.04 Å². The highest BCUT2D eigenvalue weighted by Crippen LogP contribution is 2.18. The Hall–Kier alpha value is -1.71. The fourth-order valence-corrected chi connectivity index (χ4v) is 3.58. The van der Waals surface area contributed by atoms with Gasteiger partial charge in [-0.3, -0.25) is 24.6 Å². The molecule has 1 rings (SSSR count). The number of carbonyl (C=O) groups is 3. The summed E-state index contributed by atoms with van der Waals surface area (Å²) in [7, 11) is 2.02. The number of hydrogen-bond acceptors (Lipinski definition) is 6. The molecular formula is C20H39N5O4. The summed E-state index contributed by atoms with van der Waals surface area (Å²) >= 11 is 0. The van der Waals surface area contributed by atoms with Crippen molar-refractivity contribution in [3.63, 3.8) is 0 Å². The number of nitrogens with zero attached hydrogens (tertiary/aromatic N) is 4. The molecule has 0 saturated carbocycles. The molecule has 0 aromatic rings. The molecule has 0 aromatic carbocycles. The van der Waals surface area contributed by atoms with Crippen LogP contribution in [-0.4, -0.2) is 89.1 Å². The minimum absolute atomic E-state index is 0.119. The lowest BCUT2D eigenvalue weighted by Gasteiger charge is -2.37. The predicted octanol–water partition coefficient (Wildman–Crippen LogP) is 1.07. The molecule has 2 atom stereocenters. The van der Waals surface area contributed by atoms with Crippen molar-refractivity contribution in [2.24, 2.45) is 11.8 Å². The smallest absolute Gasteiger partial charge is 0.247 e. The second-order valence-corrected chi connectivity index (χ2v) is 7.95. The van der Waals surface area contributed by atoms with E-state index in [9.17, 15) is 19.6 Å². The molecule has 29 heavy (non-hydrogen) atoms. The Bertz CT molecular complexity index is 511. The fraction of sp³-hybridized carbons (Fsp3) is 0.850. The van der Waals surface area contributed by atoms with E-state index in [1.807, 2.05) is 14.0 Å². The maximum atomic E-state index is 13.1. The standard InChI is InChI=1S/C20H39N5O4/c1-4-6-8-9-17(15-24(29)16-26)19(27)25(21)18(10-7-5-2)20(28)23-13-11-22(3)12-14-23/h16-18,29H,4-15,21H2,1-3H3. The number of rotatable bonds is 13. The lowest BCUT2D eigenvalue weighted by Crippen LogP contribution is -2.59. The first-order chi connectivity index (χ1) is 13.8. The summed E-state index contributed by atoms with van der Waals surface area (Å²) in [5.41, 5.74) is 0. The molecule has 9 heteroatoms. The minimum Gasteiger partial charge on any atom is -0.338 e. The monoisotopic (exact) mass is 413 g/mol. The van der Waals surface area contributed by atoms with Crippen LogP contribution < -0.4 is 5.84 Å². The number of nitrogens with two attached hydrogens (primary N) is 1. The first-order valence-electron chi connectivity index (χ1n) is 10.8. The molecular weight excluding hydrogens is 374 g/mol. The summed E-state index contributed by atoms with van der Waals surface area (Å²) in [5, 5.41) is 11.1. The number of unbranched alkanes of at least 4 members (excludes halogenated alkanes) is 3. The number of likely N-dealkylation sites (N-methyl/N-ethyl adjacent to an activating group) is 1. The molecule has 9 nitrogen and oxygen atoms in total. The van der Waals surface area contributed by atoms with Crippen LogP contribution in [0.1, 0.15) is 58.8 Å². The molecule has 168 valence electrons. The van der Waals surface area contributed by atoms with Crippen LogP contribution in [0.25, 0.3) is 0 Å². The predicted molar refractivity (Wildman–Crippen MR) is 111 cm³/mol. The van der Waals surface area contributed by atoms with Crippen molar-refractivity contribution in [3.05, 3.63) is 0 Å². The van der Waals surface area contributed by atoms with Crippen molar-refractivity contribution in [1.29, 1.82) is 0 Å². The van der Waals surface area contributed by atoms with Gasteiger partial charge in [-0.2, -0.15) is 0 Å². The molecule has 0 aliphatic carbocycles. The van der Waals surface area contributed by atoms with Crippen LogP contribution >= 0.6 is 0 Å².